The van der Waals surface area contributed by atoms with E-state index in [1.165, 1.54) is 0 Å². The highest BCUT2D eigenvalue weighted by atomic mass is 32.2. The smallest absolute Gasteiger partial charge is 0.321 e. The fourth-order valence-corrected chi connectivity index (χ4v) is 3.00. The number of fused-ring (bicyclic) bond motifs is 1. The molecule has 1 aliphatic rings. The summed E-state index contributed by atoms with van der Waals surface area (Å²) >= 11 is 0. The van der Waals surface area contributed by atoms with E-state index in [4.69, 9.17) is 4.55 Å². The zero-order valence-corrected chi connectivity index (χ0v) is 11.7. The van der Waals surface area contributed by atoms with E-state index in [2.05, 4.69) is 0 Å². The summed E-state index contributed by atoms with van der Waals surface area (Å²) in [6.45, 7) is 0.809. The molecule has 0 amide bonds. The second-order valence-corrected chi connectivity index (χ2v) is 6.51. The third-order valence-corrected chi connectivity index (χ3v) is 4.28. The lowest BCUT2D eigenvalue weighted by Crippen LogP contribution is -2.46. The molecule has 0 radical (unpaired) electrons. The maximum Gasteiger partial charge on any atom is 0.321 e. The highest BCUT2D eigenvalue weighted by Crippen LogP contribution is 2.23. The average molecular weight is 299 g/mol. The molecule has 0 fully saturated rings. The van der Waals surface area contributed by atoms with Crippen molar-refractivity contribution in [3.8, 4) is 0 Å². The van der Waals surface area contributed by atoms with Crippen LogP contribution in [0, 0.1) is 0 Å². The molecule has 0 saturated carbocycles. The van der Waals surface area contributed by atoms with E-state index in [0.29, 0.717) is 19.5 Å². The van der Waals surface area contributed by atoms with Gasteiger partial charge in [0.1, 0.15) is 6.04 Å². The lowest BCUT2D eigenvalue weighted by Gasteiger charge is -2.34. The Morgan fingerprint density at radius 1 is 1.30 bits per heavy atom. The van der Waals surface area contributed by atoms with Crippen molar-refractivity contribution in [3.63, 3.8) is 0 Å². The maximum absolute atomic E-state index is 11.3. The van der Waals surface area contributed by atoms with Gasteiger partial charge in [-0.15, -0.1) is 0 Å². The molecule has 1 heterocycles. The number of hydrogen-bond acceptors (Lipinski definition) is 4. The number of carbonyl (C=O) groups is 1. The molecule has 0 saturated heterocycles. The third kappa shape index (κ3) is 3.78. The molecular formula is C13H17NO5S. The summed E-state index contributed by atoms with van der Waals surface area (Å²) in [6, 6.07) is 7.00. The minimum absolute atomic E-state index is 0.213. The van der Waals surface area contributed by atoms with E-state index in [1.54, 1.807) is 4.90 Å². The molecule has 1 aromatic carbocycles. The Hall–Kier alpha value is -1.44. The van der Waals surface area contributed by atoms with Crippen molar-refractivity contribution in [2.75, 3.05) is 12.3 Å². The van der Waals surface area contributed by atoms with Crippen LogP contribution in [-0.2, 0) is 27.9 Å². The number of rotatable bonds is 5. The molecule has 0 bridgehead atoms. The van der Waals surface area contributed by atoms with Gasteiger partial charge < -0.3 is 5.11 Å². The van der Waals surface area contributed by atoms with Crippen LogP contribution in [0.3, 0.4) is 0 Å². The van der Waals surface area contributed by atoms with Gasteiger partial charge in [-0.1, -0.05) is 24.3 Å². The summed E-state index contributed by atoms with van der Waals surface area (Å²) in [5.74, 6) is -1.26. The van der Waals surface area contributed by atoms with E-state index in [-0.39, 0.29) is 12.2 Å². The van der Waals surface area contributed by atoms with Crippen LogP contribution >= 0.6 is 0 Å². The standard InChI is InChI=1S/C13H17NO5S/c15-13(16)12-8-10-4-1-2-5-11(10)9-14(12)6-3-7-20(17,18)19/h1-2,4-5,12H,3,6-9H2,(H,15,16)(H,17,18,19). The first-order valence-electron chi connectivity index (χ1n) is 6.35. The van der Waals surface area contributed by atoms with E-state index in [9.17, 15) is 18.3 Å². The topological polar surface area (TPSA) is 94.9 Å². The van der Waals surface area contributed by atoms with Crippen LogP contribution in [0.5, 0.6) is 0 Å². The fraction of sp³-hybridized carbons (Fsp3) is 0.462. The minimum Gasteiger partial charge on any atom is -0.480 e. The number of nitrogens with zero attached hydrogens (tertiary/aromatic N) is 1. The van der Waals surface area contributed by atoms with Gasteiger partial charge in [0.25, 0.3) is 10.1 Å². The SMILES string of the molecule is O=C(O)C1Cc2ccccc2CN1CCCS(=O)(=O)O. The molecule has 1 atom stereocenters. The van der Waals surface area contributed by atoms with Gasteiger partial charge in [-0.3, -0.25) is 14.2 Å². The predicted octanol–water partition coefficient (Wildman–Crippen LogP) is 0.776. The molecule has 110 valence electrons. The normalized spacial score (nSPS) is 19.6. The van der Waals surface area contributed by atoms with Gasteiger partial charge in [0.05, 0.1) is 5.75 Å². The highest BCUT2D eigenvalue weighted by Gasteiger charge is 2.30. The summed E-state index contributed by atoms with van der Waals surface area (Å²) in [7, 11) is -4.00. The number of carboxylic acid groups (broad SMARTS) is 1. The number of aliphatic carboxylic acids is 1. The van der Waals surface area contributed by atoms with E-state index in [0.717, 1.165) is 11.1 Å². The Balaban J connectivity index is 2.08. The molecule has 1 aliphatic heterocycles. The fourth-order valence-electron chi connectivity index (χ4n) is 2.51. The van der Waals surface area contributed by atoms with Crippen LogP contribution < -0.4 is 0 Å². The zero-order chi connectivity index (χ0) is 14.8. The van der Waals surface area contributed by atoms with Gasteiger partial charge in [-0.25, -0.2) is 0 Å². The van der Waals surface area contributed by atoms with Crippen molar-refractivity contribution >= 4 is 16.1 Å². The van der Waals surface area contributed by atoms with Gasteiger partial charge in [0, 0.05) is 13.1 Å². The molecular weight excluding hydrogens is 282 g/mol. The average Bonchev–Trinajstić information content (AvgIpc) is 2.36. The van der Waals surface area contributed by atoms with Gasteiger partial charge in [-0.05, 0) is 24.0 Å². The van der Waals surface area contributed by atoms with Gasteiger partial charge in [-0.2, -0.15) is 8.42 Å². The molecule has 1 aromatic rings. The highest BCUT2D eigenvalue weighted by molar-refractivity contribution is 7.85. The predicted molar refractivity (Wildman–Crippen MR) is 73.0 cm³/mol. The Morgan fingerprint density at radius 2 is 1.95 bits per heavy atom. The monoisotopic (exact) mass is 299 g/mol. The molecule has 2 rings (SSSR count). The molecule has 1 unspecified atom stereocenters. The molecule has 0 spiro atoms. The first-order chi connectivity index (χ1) is 9.37. The van der Waals surface area contributed by atoms with Crippen molar-refractivity contribution in [3.05, 3.63) is 35.4 Å². The summed E-state index contributed by atoms with van der Waals surface area (Å²) in [6.07, 6.45) is 0.627. The second-order valence-electron chi connectivity index (χ2n) is 4.94. The van der Waals surface area contributed by atoms with Crippen molar-refractivity contribution in [2.24, 2.45) is 0 Å². The first-order valence-corrected chi connectivity index (χ1v) is 7.96. The molecule has 20 heavy (non-hydrogen) atoms. The zero-order valence-electron chi connectivity index (χ0n) is 10.9. The van der Waals surface area contributed by atoms with Crippen LogP contribution in [0.25, 0.3) is 0 Å². The Labute approximate surface area is 117 Å². The van der Waals surface area contributed by atoms with Crippen LogP contribution in [-0.4, -0.2) is 47.3 Å². The number of hydrogen-bond donors (Lipinski definition) is 2. The molecule has 6 nitrogen and oxygen atoms in total. The van der Waals surface area contributed by atoms with Crippen LogP contribution in [0.15, 0.2) is 24.3 Å². The Bertz CT molecular complexity index is 599. The quantitative estimate of drug-likeness (QED) is 0.780. The first kappa shape index (κ1) is 15.0. The molecule has 7 heteroatoms. The molecule has 2 N–H and O–H groups in total. The summed E-state index contributed by atoms with van der Waals surface area (Å²) in [5.41, 5.74) is 2.09. The summed E-state index contributed by atoms with van der Waals surface area (Å²) in [4.78, 5) is 13.1. The van der Waals surface area contributed by atoms with Crippen LogP contribution in [0.1, 0.15) is 17.5 Å². The van der Waals surface area contributed by atoms with E-state index in [1.807, 2.05) is 24.3 Å². The second kappa shape index (κ2) is 5.90. The minimum atomic E-state index is -4.00. The lowest BCUT2D eigenvalue weighted by atomic mass is 9.94. The number of benzene rings is 1. The largest absolute Gasteiger partial charge is 0.480 e. The van der Waals surface area contributed by atoms with Crippen molar-refractivity contribution < 1.29 is 22.9 Å². The van der Waals surface area contributed by atoms with Crippen molar-refractivity contribution in [1.82, 2.24) is 4.90 Å². The van der Waals surface area contributed by atoms with Gasteiger partial charge >= 0.3 is 5.97 Å². The van der Waals surface area contributed by atoms with Crippen molar-refractivity contribution in [1.29, 1.82) is 0 Å². The van der Waals surface area contributed by atoms with Gasteiger partial charge in [0.2, 0.25) is 0 Å². The Morgan fingerprint density at radius 3 is 2.55 bits per heavy atom. The van der Waals surface area contributed by atoms with E-state index < -0.39 is 22.1 Å². The molecule has 0 aromatic heterocycles. The maximum atomic E-state index is 11.3. The van der Waals surface area contributed by atoms with E-state index >= 15 is 0 Å². The summed E-state index contributed by atoms with van der Waals surface area (Å²) in [5, 5.41) is 9.28. The van der Waals surface area contributed by atoms with Gasteiger partial charge in [0.15, 0.2) is 0 Å². The summed E-state index contributed by atoms with van der Waals surface area (Å²) < 4.78 is 30.1. The van der Waals surface area contributed by atoms with Crippen molar-refractivity contribution in [2.45, 2.75) is 25.4 Å². The number of carboxylic acids is 1. The molecule has 0 aliphatic carbocycles. The van der Waals surface area contributed by atoms with Crippen LogP contribution in [0.4, 0.5) is 0 Å². The van der Waals surface area contributed by atoms with Crippen LogP contribution in [0.2, 0.25) is 0 Å². The lowest BCUT2D eigenvalue weighted by molar-refractivity contribution is -0.143. The Kier molecular flexibility index (Phi) is 4.42. The third-order valence-electron chi connectivity index (χ3n) is 3.48.